The molecular formula is C23H27N3O8. The molecule has 2 aromatic carbocycles. The van der Waals surface area contributed by atoms with E-state index < -0.39 is 11.9 Å². The molecule has 34 heavy (non-hydrogen) atoms. The highest BCUT2D eigenvalue weighted by molar-refractivity contribution is 6.11. The lowest BCUT2D eigenvalue weighted by molar-refractivity contribution is -0.120. The maximum Gasteiger partial charge on any atom is 0.258 e. The van der Waals surface area contributed by atoms with Crippen LogP contribution < -0.4 is 39.1 Å². The number of amides is 2. The fourth-order valence-corrected chi connectivity index (χ4v) is 3.61. The summed E-state index contributed by atoms with van der Waals surface area (Å²) < 4.78 is 32.1. The number of hydrogen-bond acceptors (Lipinski definition) is 9. The Hall–Kier alpha value is -4.15. The predicted molar refractivity (Wildman–Crippen MR) is 123 cm³/mol. The van der Waals surface area contributed by atoms with Gasteiger partial charge in [-0.1, -0.05) is 0 Å². The minimum absolute atomic E-state index is 0.00293. The molecule has 11 heteroatoms. The van der Waals surface area contributed by atoms with E-state index in [1.807, 2.05) is 0 Å². The molecule has 2 N–H and O–H groups in total. The molecule has 1 heterocycles. The molecule has 11 nitrogen and oxygen atoms in total. The van der Waals surface area contributed by atoms with Crippen molar-refractivity contribution in [3.05, 3.63) is 35.4 Å². The van der Waals surface area contributed by atoms with Crippen molar-refractivity contribution in [3.63, 3.8) is 0 Å². The van der Waals surface area contributed by atoms with Crippen LogP contribution in [0, 0.1) is 0 Å². The summed E-state index contributed by atoms with van der Waals surface area (Å²) in [5, 5.41) is 5.20. The van der Waals surface area contributed by atoms with Crippen molar-refractivity contribution < 1.29 is 38.0 Å². The molecule has 0 unspecified atom stereocenters. The number of hydrogen-bond donors (Lipinski definition) is 2. The third-order valence-electron chi connectivity index (χ3n) is 5.17. The van der Waals surface area contributed by atoms with Gasteiger partial charge in [0.05, 0.1) is 55.1 Å². The molecule has 0 spiro atoms. The summed E-state index contributed by atoms with van der Waals surface area (Å²) >= 11 is 0. The number of aliphatic imine (C=N–C) groups is 1. The van der Waals surface area contributed by atoms with Gasteiger partial charge < -0.3 is 28.4 Å². The topological polar surface area (TPSA) is 126 Å². The molecule has 1 aliphatic heterocycles. The van der Waals surface area contributed by atoms with E-state index in [-0.39, 0.29) is 23.9 Å². The first-order valence-electron chi connectivity index (χ1n) is 10.2. The average Bonchev–Trinajstić information content (AvgIpc) is 2.85. The number of rotatable bonds is 8. The average molecular weight is 473 g/mol. The Labute approximate surface area is 196 Å². The van der Waals surface area contributed by atoms with Crippen LogP contribution in [0.1, 0.15) is 28.4 Å². The van der Waals surface area contributed by atoms with Crippen molar-refractivity contribution >= 4 is 17.8 Å². The van der Waals surface area contributed by atoms with Gasteiger partial charge in [-0.15, -0.1) is 0 Å². The molecular weight excluding hydrogens is 446 g/mol. The lowest BCUT2D eigenvalue weighted by atomic mass is 10.0. The highest BCUT2D eigenvalue weighted by Crippen LogP contribution is 2.44. The normalized spacial score (nSPS) is 14.9. The summed E-state index contributed by atoms with van der Waals surface area (Å²) in [5.41, 5.74) is 0.826. The van der Waals surface area contributed by atoms with Crippen LogP contribution in [0.25, 0.3) is 0 Å². The van der Waals surface area contributed by atoms with Crippen LogP contribution in [0.4, 0.5) is 0 Å². The smallest absolute Gasteiger partial charge is 0.258 e. The molecule has 2 aromatic rings. The van der Waals surface area contributed by atoms with Gasteiger partial charge in [0.15, 0.2) is 23.0 Å². The molecule has 0 bridgehead atoms. The largest absolute Gasteiger partial charge is 0.493 e. The van der Waals surface area contributed by atoms with Gasteiger partial charge in [-0.05, 0) is 24.3 Å². The van der Waals surface area contributed by atoms with E-state index in [4.69, 9.17) is 28.4 Å². The summed E-state index contributed by atoms with van der Waals surface area (Å²) in [6.45, 7) is 0. The van der Waals surface area contributed by atoms with Crippen LogP contribution in [0.5, 0.6) is 34.5 Å². The van der Waals surface area contributed by atoms with E-state index in [1.165, 1.54) is 54.8 Å². The molecule has 0 aliphatic carbocycles. The molecule has 0 saturated carbocycles. The molecule has 3 rings (SSSR count). The predicted octanol–water partition coefficient (Wildman–Crippen LogP) is 2.09. The van der Waals surface area contributed by atoms with Crippen molar-refractivity contribution in [2.24, 2.45) is 4.99 Å². The van der Waals surface area contributed by atoms with Crippen LogP contribution >= 0.6 is 0 Å². The summed E-state index contributed by atoms with van der Waals surface area (Å²) in [6.07, 6.45) is 0.0510. The Bertz CT molecular complexity index is 1090. The van der Waals surface area contributed by atoms with Gasteiger partial charge in [0.2, 0.25) is 23.4 Å². The van der Waals surface area contributed by atoms with Crippen molar-refractivity contribution in [3.8, 4) is 34.5 Å². The third kappa shape index (κ3) is 4.77. The van der Waals surface area contributed by atoms with Gasteiger partial charge in [-0.25, -0.2) is 4.99 Å². The number of ether oxygens (including phenoxy) is 6. The first kappa shape index (κ1) is 24.5. The summed E-state index contributed by atoms with van der Waals surface area (Å²) in [6, 6.07) is 5.81. The quantitative estimate of drug-likeness (QED) is 0.597. The highest BCUT2D eigenvalue weighted by atomic mass is 16.5. The van der Waals surface area contributed by atoms with Gasteiger partial charge >= 0.3 is 0 Å². The van der Waals surface area contributed by atoms with Crippen molar-refractivity contribution in [1.82, 2.24) is 10.6 Å². The standard InChI is InChI=1S/C23H27N3O8/c1-29-15-8-7-13(19(32-4)21(15)34-6)14-11-18(27)25-23(24-14)26-22(28)12-9-16(30-2)20(33-5)17(10-12)31-3/h7-10,14H,11H2,1-6H3,(H2,24,25,26,27,28)/t14-/m0/s1. The minimum Gasteiger partial charge on any atom is -0.493 e. The fourth-order valence-electron chi connectivity index (χ4n) is 3.61. The second-order valence-electron chi connectivity index (χ2n) is 7.04. The number of methoxy groups -OCH3 is 6. The zero-order valence-corrected chi connectivity index (χ0v) is 19.8. The Balaban J connectivity index is 1.94. The molecule has 0 aromatic heterocycles. The van der Waals surface area contributed by atoms with E-state index in [0.717, 1.165) is 0 Å². The maximum absolute atomic E-state index is 12.9. The Kier molecular flexibility index (Phi) is 7.67. The summed E-state index contributed by atoms with van der Waals surface area (Å²) in [7, 11) is 8.86. The van der Waals surface area contributed by atoms with Crippen LogP contribution in [0.2, 0.25) is 0 Å². The zero-order valence-electron chi connectivity index (χ0n) is 19.8. The lowest BCUT2D eigenvalue weighted by Gasteiger charge is -2.24. The number of guanidine groups is 1. The van der Waals surface area contributed by atoms with E-state index in [1.54, 1.807) is 12.1 Å². The SMILES string of the molecule is COc1cc(C(=O)NC2=N[C@H](c3ccc(OC)c(OC)c3OC)CC(=O)N2)cc(OC)c1OC. The number of nitrogens with zero attached hydrogens (tertiary/aromatic N) is 1. The Morgan fingerprint density at radius 2 is 1.44 bits per heavy atom. The second kappa shape index (κ2) is 10.6. The van der Waals surface area contributed by atoms with Crippen LogP contribution in [0.15, 0.2) is 29.3 Å². The van der Waals surface area contributed by atoms with E-state index in [9.17, 15) is 9.59 Å². The summed E-state index contributed by atoms with van der Waals surface area (Å²) in [4.78, 5) is 29.9. The van der Waals surface area contributed by atoms with Gasteiger partial charge in [0.1, 0.15) is 0 Å². The van der Waals surface area contributed by atoms with Crippen molar-refractivity contribution in [1.29, 1.82) is 0 Å². The molecule has 1 aliphatic rings. The van der Waals surface area contributed by atoms with Gasteiger partial charge in [0.25, 0.3) is 5.91 Å². The maximum atomic E-state index is 12.9. The number of nitrogens with one attached hydrogen (secondary N) is 2. The Morgan fingerprint density at radius 1 is 0.853 bits per heavy atom. The molecule has 182 valence electrons. The third-order valence-corrected chi connectivity index (χ3v) is 5.17. The van der Waals surface area contributed by atoms with Crippen LogP contribution in [0.3, 0.4) is 0 Å². The lowest BCUT2D eigenvalue weighted by Crippen LogP contribution is -2.47. The molecule has 0 radical (unpaired) electrons. The van der Waals surface area contributed by atoms with Gasteiger partial charge in [-0.2, -0.15) is 0 Å². The molecule has 0 saturated heterocycles. The fraction of sp³-hybridized carbons (Fsp3) is 0.348. The first-order chi connectivity index (χ1) is 16.4. The van der Waals surface area contributed by atoms with E-state index in [0.29, 0.717) is 40.1 Å². The monoisotopic (exact) mass is 473 g/mol. The van der Waals surface area contributed by atoms with Crippen molar-refractivity contribution in [2.45, 2.75) is 12.5 Å². The number of benzene rings is 2. The number of carbonyl (C=O) groups excluding carboxylic acids is 2. The zero-order chi connectivity index (χ0) is 24.8. The second-order valence-corrected chi connectivity index (χ2v) is 7.04. The molecule has 1 atom stereocenters. The van der Waals surface area contributed by atoms with Crippen LogP contribution in [-0.2, 0) is 4.79 Å². The molecule has 2 amide bonds. The van der Waals surface area contributed by atoms with Crippen LogP contribution in [-0.4, -0.2) is 60.4 Å². The first-order valence-corrected chi connectivity index (χ1v) is 10.2. The van der Waals surface area contributed by atoms with Gasteiger partial charge in [0, 0.05) is 11.1 Å². The van der Waals surface area contributed by atoms with Gasteiger partial charge in [-0.3, -0.25) is 20.2 Å². The minimum atomic E-state index is -0.626. The summed E-state index contributed by atoms with van der Waals surface area (Å²) in [5.74, 6) is 1.37. The Morgan fingerprint density at radius 3 is 1.97 bits per heavy atom. The molecule has 0 fully saturated rings. The highest BCUT2D eigenvalue weighted by Gasteiger charge is 2.29. The number of carbonyl (C=O) groups is 2. The van der Waals surface area contributed by atoms with E-state index >= 15 is 0 Å². The van der Waals surface area contributed by atoms with Crippen molar-refractivity contribution in [2.75, 3.05) is 42.7 Å². The van der Waals surface area contributed by atoms with E-state index in [2.05, 4.69) is 15.6 Å².